The second kappa shape index (κ2) is 6.61. The molecule has 6 heteroatoms. The first-order chi connectivity index (χ1) is 9.16. The molecule has 1 amide bonds. The van der Waals surface area contributed by atoms with Crippen molar-refractivity contribution < 1.29 is 9.21 Å². The van der Waals surface area contributed by atoms with E-state index < -0.39 is 0 Å². The molecule has 0 saturated heterocycles. The van der Waals surface area contributed by atoms with E-state index in [1.807, 2.05) is 6.07 Å². The second-order valence-corrected chi connectivity index (χ2v) is 4.69. The molecule has 0 aliphatic carbocycles. The van der Waals surface area contributed by atoms with E-state index in [1.54, 1.807) is 30.7 Å². The Morgan fingerprint density at radius 2 is 1.95 bits per heavy atom. The van der Waals surface area contributed by atoms with Gasteiger partial charge in [0.15, 0.2) is 0 Å². The van der Waals surface area contributed by atoms with Crippen LogP contribution in [0.25, 0.3) is 0 Å². The van der Waals surface area contributed by atoms with Gasteiger partial charge in [0.05, 0.1) is 34.8 Å². The van der Waals surface area contributed by atoms with E-state index >= 15 is 0 Å². The third-order valence-electron chi connectivity index (χ3n) is 2.42. The Morgan fingerprint density at radius 3 is 2.58 bits per heavy atom. The number of hydrogen-bond acceptors (Lipinski definition) is 3. The van der Waals surface area contributed by atoms with E-state index in [0.29, 0.717) is 22.3 Å². The molecule has 19 heavy (non-hydrogen) atoms. The molecule has 0 unspecified atom stereocenters. The highest BCUT2D eigenvalue weighted by atomic mass is 35.5. The molecule has 0 aliphatic heterocycles. The molecule has 2 N–H and O–H groups in total. The van der Waals surface area contributed by atoms with Crippen LogP contribution in [0.1, 0.15) is 5.56 Å². The molecule has 4 nitrogen and oxygen atoms in total. The van der Waals surface area contributed by atoms with Crippen molar-refractivity contribution in [1.82, 2.24) is 5.32 Å². The highest BCUT2D eigenvalue weighted by molar-refractivity contribution is 6.39. The van der Waals surface area contributed by atoms with Gasteiger partial charge in [-0.15, -0.1) is 0 Å². The summed E-state index contributed by atoms with van der Waals surface area (Å²) in [6, 6.07) is 6.89. The molecular formula is C13H12Cl2N2O2. The zero-order chi connectivity index (χ0) is 13.7. The average molecular weight is 299 g/mol. The predicted octanol–water partition coefficient (Wildman–Crippen LogP) is 3.31. The van der Waals surface area contributed by atoms with Crippen molar-refractivity contribution in [3.05, 3.63) is 52.4 Å². The Kier molecular flexibility index (Phi) is 4.85. The van der Waals surface area contributed by atoms with Crippen molar-refractivity contribution in [3.63, 3.8) is 0 Å². The number of nitrogens with one attached hydrogen (secondary N) is 2. The normalized spacial score (nSPS) is 10.4. The summed E-state index contributed by atoms with van der Waals surface area (Å²) >= 11 is 11.9. The molecule has 0 bridgehead atoms. The Hall–Kier alpha value is -1.49. The van der Waals surface area contributed by atoms with Gasteiger partial charge in [0.2, 0.25) is 5.91 Å². The van der Waals surface area contributed by atoms with E-state index in [4.69, 9.17) is 27.6 Å². The number of hydrogen-bond donors (Lipinski definition) is 2. The Balaban J connectivity index is 1.84. The lowest BCUT2D eigenvalue weighted by molar-refractivity contribution is -0.115. The fourth-order valence-electron chi connectivity index (χ4n) is 1.51. The number of para-hydroxylation sites is 1. The quantitative estimate of drug-likeness (QED) is 0.890. The van der Waals surface area contributed by atoms with E-state index in [1.165, 1.54) is 0 Å². The zero-order valence-corrected chi connectivity index (χ0v) is 11.5. The molecule has 0 radical (unpaired) electrons. The Labute approximate surface area is 120 Å². The van der Waals surface area contributed by atoms with Crippen LogP contribution in [0, 0.1) is 0 Å². The number of amides is 1. The van der Waals surface area contributed by atoms with Gasteiger partial charge in [-0.2, -0.15) is 0 Å². The molecule has 2 rings (SSSR count). The maximum Gasteiger partial charge on any atom is 0.238 e. The van der Waals surface area contributed by atoms with Crippen LogP contribution in [-0.2, 0) is 11.3 Å². The second-order valence-electron chi connectivity index (χ2n) is 3.88. The molecule has 0 aliphatic rings. The van der Waals surface area contributed by atoms with E-state index in [-0.39, 0.29) is 12.5 Å². The summed E-state index contributed by atoms with van der Waals surface area (Å²) in [5, 5.41) is 6.48. The van der Waals surface area contributed by atoms with Crippen molar-refractivity contribution in [2.24, 2.45) is 0 Å². The fraction of sp³-hybridized carbons (Fsp3) is 0.154. The highest BCUT2D eigenvalue weighted by Gasteiger charge is 2.09. The minimum atomic E-state index is -0.210. The van der Waals surface area contributed by atoms with Gasteiger partial charge in [0.1, 0.15) is 0 Å². The van der Waals surface area contributed by atoms with Crippen LogP contribution in [0.15, 0.2) is 41.2 Å². The number of carbonyl (C=O) groups is 1. The van der Waals surface area contributed by atoms with Gasteiger partial charge in [-0.1, -0.05) is 29.3 Å². The highest BCUT2D eigenvalue weighted by Crippen LogP contribution is 2.29. The van der Waals surface area contributed by atoms with Crippen molar-refractivity contribution in [3.8, 4) is 0 Å². The van der Waals surface area contributed by atoms with Crippen LogP contribution in [-0.4, -0.2) is 12.5 Å². The van der Waals surface area contributed by atoms with Crippen LogP contribution >= 0.6 is 23.2 Å². The summed E-state index contributed by atoms with van der Waals surface area (Å²) in [6.45, 7) is 0.715. The predicted molar refractivity (Wildman–Crippen MR) is 75.5 cm³/mol. The molecule has 1 heterocycles. The standard InChI is InChI=1S/C13H12Cl2N2O2/c14-10-2-1-3-11(15)13(10)17-12(18)7-16-6-9-4-5-19-8-9/h1-5,8,16H,6-7H2,(H,17,18). The minimum absolute atomic E-state index is 0.159. The monoisotopic (exact) mass is 298 g/mol. The van der Waals surface area contributed by atoms with E-state index in [2.05, 4.69) is 10.6 Å². The van der Waals surface area contributed by atoms with Crippen LogP contribution in [0.5, 0.6) is 0 Å². The van der Waals surface area contributed by atoms with Gasteiger partial charge >= 0.3 is 0 Å². The smallest absolute Gasteiger partial charge is 0.238 e. The third kappa shape index (κ3) is 3.99. The molecule has 0 spiro atoms. The van der Waals surface area contributed by atoms with Gasteiger partial charge < -0.3 is 15.1 Å². The maximum absolute atomic E-state index is 11.7. The Morgan fingerprint density at radius 1 is 1.21 bits per heavy atom. The summed E-state index contributed by atoms with van der Waals surface area (Å²) in [6.07, 6.45) is 3.20. The van der Waals surface area contributed by atoms with Crippen LogP contribution in [0.4, 0.5) is 5.69 Å². The Bertz CT molecular complexity index is 536. The molecule has 0 saturated carbocycles. The first kappa shape index (κ1) is 13.9. The lowest BCUT2D eigenvalue weighted by Gasteiger charge is -2.09. The van der Waals surface area contributed by atoms with Gasteiger partial charge in [-0.05, 0) is 18.2 Å². The molecule has 100 valence electrons. The zero-order valence-electron chi connectivity index (χ0n) is 9.95. The van der Waals surface area contributed by atoms with Crippen molar-refractivity contribution in [2.75, 3.05) is 11.9 Å². The molecule has 1 aromatic heterocycles. The lowest BCUT2D eigenvalue weighted by atomic mass is 10.3. The number of carbonyl (C=O) groups excluding carboxylic acids is 1. The number of halogens is 2. The summed E-state index contributed by atoms with van der Waals surface area (Å²) < 4.78 is 4.92. The summed E-state index contributed by atoms with van der Waals surface area (Å²) in [5.41, 5.74) is 1.41. The first-order valence-corrected chi connectivity index (χ1v) is 6.38. The van der Waals surface area contributed by atoms with Crippen LogP contribution in [0.2, 0.25) is 10.0 Å². The van der Waals surface area contributed by atoms with Crippen molar-refractivity contribution in [2.45, 2.75) is 6.54 Å². The largest absolute Gasteiger partial charge is 0.472 e. The number of benzene rings is 1. The fourth-order valence-corrected chi connectivity index (χ4v) is 2.01. The van der Waals surface area contributed by atoms with Gasteiger partial charge in [-0.25, -0.2) is 0 Å². The SMILES string of the molecule is O=C(CNCc1ccoc1)Nc1c(Cl)cccc1Cl. The topological polar surface area (TPSA) is 54.3 Å². The third-order valence-corrected chi connectivity index (χ3v) is 3.05. The molecule has 2 aromatic rings. The van der Waals surface area contributed by atoms with Crippen molar-refractivity contribution >= 4 is 34.8 Å². The molecule has 0 fully saturated rings. The van der Waals surface area contributed by atoms with Crippen LogP contribution in [0.3, 0.4) is 0 Å². The van der Waals surface area contributed by atoms with Gasteiger partial charge in [-0.3, -0.25) is 4.79 Å². The van der Waals surface area contributed by atoms with Gasteiger partial charge in [0, 0.05) is 12.1 Å². The first-order valence-electron chi connectivity index (χ1n) is 5.62. The molecule has 0 atom stereocenters. The maximum atomic E-state index is 11.7. The average Bonchev–Trinajstić information content (AvgIpc) is 2.87. The lowest BCUT2D eigenvalue weighted by Crippen LogP contribution is -2.27. The molecular weight excluding hydrogens is 287 g/mol. The number of furan rings is 1. The summed E-state index contributed by atoms with van der Waals surface area (Å²) in [5.74, 6) is -0.210. The van der Waals surface area contributed by atoms with Crippen LogP contribution < -0.4 is 10.6 Å². The van der Waals surface area contributed by atoms with E-state index in [0.717, 1.165) is 5.56 Å². The molecule has 1 aromatic carbocycles. The number of anilines is 1. The number of rotatable bonds is 5. The van der Waals surface area contributed by atoms with E-state index in [9.17, 15) is 4.79 Å². The summed E-state index contributed by atoms with van der Waals surface area (Å²) in [7, 11) is 0. The van der Waals surface area contributed by atoms with Gasteiger partial charge in [0.25, 0.3) is 0 Å². The van der Waals surface area contributed by atoms with Crippen molar-refractivity contribution in [1.29, 1.82) is 0 Å². The summed E-state index contributed by atoms with van der Waals surface area (Å²) in [4.78, 5) is 11.7. The minimum Gasteiger partial charge on any atom is -0.472 e.